The zero-order valence-corrected chi connectivity index (χ0v) is 14.9. The molecule has 0 unspecified atom stereocenters. The Kier molecular flexibility index (Phi) is 4.84. The van der Waals surface area contributed by atoms with Crippen LogP contribution in [0.25, 0.3) is 21.5 Å². The summed E-state index contributed by atoms with van der Waals surface area (Å²) in [5.41, 5.74) is 3.16. The Bertz CT molecular complexity index is 1130. The van der Waals surface area contributed by atoms with Crippen LogP contribution in [0.3, 0.4) is 0 Å². The van der Waals surface area contributed by atoms with Crippen molar-refractivity contribution in [2.24, 2.45) is 5.10 Å². The van der Waals surface area contributed by atoms with Crippen LogP contribution in [0.5, 0.6) is 0 Å². The summed E-state index contributed by atoms with van der Waals surface area (Å²) in [5.74, 6) is -1.06. The fraction of sp³-hybridized carbons (Fsp3) is 0.0455. The maximum Gasteiger partial charge on any atom is 0.329 e. The Hall–Kier alpha value is -3.93. The Morgan fingerprint density at radius 1 is 0.893 bits per heavy atom. The first kappa shape index (κ1) is 17.5. The first-order chi connectivity index (χ1) is 13.7. The molecule has 0 aliphatic heterocycles. The van der Waals surface area contributed by atoms with Gasteiger partial charge in [0.1, 0.15) is 5.76 Å². The third kappa shape index (κ3) is 3.61. The monoisotopic (exact) mass is 371 g/mol. The van der Waals surface area contributed by atoms with Crippen LogP contribution in [0.4, 0.5) is 0 Å². The van der Waals surface area contributed by atoms with E-state index < -0.39 is 11.8 Å². The van der Waals surface area contributed by atoms with E-state index in [2.05, 4.69) is 21.9 Å². The number of hydrogen-bond donors (Lipinski definition) is 2. The number of hydrogen-bond acceptors (Lipinski definition) is 4. The summed E-state index contributed by atoms with van der Waals surface area (Å²) < 4.78 is 5.11. The van der Waals surface area contributed by atoms with Crippen LogP contribution in [0, 0.1) is 0 Å². The maximum absolute atomic E-state index is 12.0. The predicted octanol–water partition coefficient (Wildman–Crippen LogP) is 3.35. The molecule has 0 saturated carbocycles. The van der Waals surface area contributed by atoms with Crippen LogP contribution >= 0.6 is 0 Å². The van der Waals surface area contributed by atoms with Gasteiger partial charge in [0.15, 0.2) is 0 Å². The summed E-state index contributed by atoms with van der Waals surface area (Å²) in [5, 5.41) is 10.7. The minimum atomic E-state index is -0.840. The van der Waals surface area contributed by atoms with Crippen molar-refractivity contribution >= 4 is 39.6 Å². The van der Waals surface area contributed by atoms with Gasteiger partial charge in [-0.05, 0) is 39.7 Å². The van der Waals surface area contributed by atoms with E-state index in [4.69, 9.17) is 4.42 Å². The summed E-state index contributed by atoms with van der Waals surface area (Å²) in [6, 6.07) is 21.4. The molecule has 1 heterocycles. The lowest BCUT2D eigenvalue weighted by Gasteiger charge is -2.08. The molecule has 1 aromatic heterocycles. The molecule has 0 saturated heterocycles. The second-order valence-corrected chi connectivity index (χ2v) is 6.19. The van der Waals surface area contributed by atoms with Gasteiger partial charge in [0.05, 0.1) is 19.0 Å². The van der Waals surface area contributed by atoms with Gasteiger partial charge in [-0.2, -0.15) is 5.10 Å². The Labute approximate surface area is 160 Å². The lowest BCUT2D eigenvalue weighted by Crippen LogP contribution is -2.37. The number of carbonyl (C=O) groups excluding carboxylic acids is 2. The molecule has 28 heavy (non-hydrogen) atoms. The van der Waals surface area contributed by atoms with Crippen molar-refractivity contribution in [1.29, 1.82) is 0 Å². The number of benzene rings is 3. The van der Waals surface area contributed by atoms with Crippen LogP contribution in [0.2, 0.25) is 0 Å². The molecule has 0 spiro atoms. The quantitative estimate of drug-likeness (QED) is 0.250. The van der Waals surface area contributed by atoms with Crippen molar-refractivity contribution in [3.8, 4) is 0 Å². The predicted molar refractivity (Wildman–Crippen MR) is 108 cm³/mol. The SMILES string of the molecule is O=C(NCc1ccco1)C(=O)N/N=C\c1c2ccccc2cc2ccccc12. The van der Waals surface area contributed by atoms with Gasteiger partial charge in [-0.3, -0.25) is 9.59 Å². The molecule has 138 valence electrons. The van der Waals surface area contributed by atoms with Gasteiger partial charge in [-0.15, -0.1) is 0 Å². The van der Waals surface area contributed by atoms with Crippen LogP contribution in [0.1, 0.15) is 11.3 Å². The van der Waals surface area contributed by atoms with E-state index in [1.54, 1.807) is 18.3 Å². The Morgan fingerprint density at radius 3 is 2.21 bits per heavy atom. The first-order valence-electron chi connectivity index (χ1n) is 8.76. The van der Waals surface area contributed by atoms with Crippen LogP contribution < -0.4 is 10.7 Å². The number of nitrogens with one attached hydrogen (secondary N) is 2. The lowest BCUT2D eigenvalue weighted by atomic mass is 9.97. The average Bonchev–Trinajstić information content (AvgIpc) is 3.25. The average molecular weight is 371 g/mol. The molecule has 2 N–H and O–H groups in total. The van der Waals surface area contributed by atoms with Gasteiger partial charge in [0.25, 0.3) is 0 Å². The maximum atomic E-state index is 12.0. The molecular weight excluding hydrogens is 354 g/mol. The van der Waals surface area contributed by atoms with E-state index in [-0.39, 0.29) is 6.54 Å². The molecular formula is C22H17N3O3. The van der Waals surface area contributed by atoms with E-state index >= 15 is 0 Å². The third-order valence-corrected chi connectivity index (χ3v) is 4.38. The van der Waals surface area contributed by atoms with E-state index in [0.29, 0.717) is 5.76 Å². The highest BCUT2D eigenvalue weighted by Gasteiger charge is 2.13. The molecule has 0 atom stereocenters. The van der Waals surface area contributed by atoms with Gasteiger partial charge in [0.2, 0.25) is 0 Å². The van der Waals surface area contributed by atoms with Gasteiger partial charge < -0.3 is 9.73 Å². The second kappa shape index (κ2) is 7.75. The normalized spacial score (nSPS) is 11.1. The minimum Gasteiger partial charge on any atom is -0.467 e. The molecule has 0 radical (unpaired) electrons. The largest absolute Gasteiger partial charge is 0.467 e. The topological polar surface area (TPSA) is 83.7 Å². The van der Waals surface area contributed by atoms with Crippen molar-refractivity contribution in [1.82, 2.24) is 10.7 Å². The number of nitrogens with zero attached hydrogens (tertiary/aromatic N) is 1. The highest BCUT2D eigenvalue weighted by atomic mass is 16.3. The van der Waals surface area contributed by atoms with Crippen molar-refractivity contribution in [3.63, 3.8) is 0 Å². The lowest BCUT2D eigenvalue weighted by molar-refractivity contribution is -0.139. The van der Waals surface area contributed by atoms with E-state index in [9.17, 15) is 9.59 Å². The highest BCUT2D eigenvalue weighted by Crippen LogP contribution is 2.27. The van der Waals surface area contributed by atoms with Crippen molar-refractivity contribution in [2.45, 2.75) is 6.54 Å². The Morgan fingerprint density at radius 2 is 1.57 bits per heavy atom. The summed E-state index contributed by atoms with van der Waals surface area (Å²) in [6.45, 7) is 0.136. The number of amides is 2. The summed E-state index contributed by atoms with van der Waals surface area (Å²) >= 11 is 0. The van der Waals surface area contributed by atoms with E-state index in [1.807, 2.05) is 48.5 Å². The molecule has 2 amide bonds. The van der Waals surface area contributed by atoms with Gasteiger partial charge in [0, 0.05) is 5.56 Å². The molecule has 0 bridgehead atoms. The molecule has 4 aromatic rings. The van der Waals surface area contributed by atoms with Gasteiger partial charge in [-0.1, -0.05) is 48.5 Å². The molecule has 0 aliphatic carbocycles. The van der Waals surface area contributed by atoms with Crippen LogP contribution in [-0.4, -0.2) is 18.0 Å². The smallest absolute Gasteiger partial charge is 0.329 e. The van der Waals surface area contributed by atoms with Crippen molar-refractivity contribution in [2.75, 3.05) is 0 Å². The summed E-state index contributed by atoms with van der Waals surface area (Å²) in [4.78, 5) is 23.8. The zero-order valence-electron chi connectivity index (χ0n) is 14.9. The molecule has 6 nitrogen and oxygen atoms in total. The number of furan rings is 1. The van der Waals surface area contributed by atoms with Gasteiger partial charge >= 0.3 is 11.8 Å². The summed E-state index contributed by atoms with van der Waals surface area (Å²) in [7, 11) is 0. The zero-order chi connectivity index (χ0) is 19.3. The number of carbonyl (C=O) groups is 2. The van der Waals surface area contributed by atoms with E-state index in [0.717, 1.165) is 27.1 Å². The van der Waals surface area contributed by atoms with E-state index in [1.165, 1.54) is 6.26 Å². The number of fused-ring (bicyclic) bond motifs is 2. The van der Waals surface area contributed by atoms with Crippen molar-refractivity contribution < 1.29 is 14.0 Å². The van der Waals surface area contributed by atoms with Gasteiger partial charge in [-0.25, -0.2) is 5.43 Å². The van der Waals surface area contributed by atoms with Crippen molar-refractivity contribution in [3.05, 3.63) is 84.3 Å². The van der Waals surface area contributed by atoms with Crippen LogP contribution in [0.15, 0.2) is 82.5 Å². The molecule has 0 fully saturated rings. The number of hydrazone groups is 1. The third-order valence-electron chi connectivity index (χ3n) is 4.38. The minimum absolute atomic E-state index is 0.136. The second-order valence-electron chi connectivity index (χ2n) is 6.19. The van der Waals surface area contributed by atoms with Crippen LogP contribution in [-0.2, 0) is 16.1 Å². The molecule has 4 rings (SSSR count). The standard InChI is InChI=1S/C22H17N3O3/c26-21(23-13-17-8-5-11-28-17)22(27)25-24-14-20-18-9-3-1-6-15(18)12-16-7-2-4-10-19(16)20/h1-12,14H,13H2,(H,23,26)(H,25,27)/b24-14-. The molecule has 6 heteroatoms. The summed E-state index contributed by atoms with van der Waals surface area (Å²) in [6.07, 6.45) is 3.07. The Balaban J connectivity index is 1.53. The highest BCUT2D eigenvalue weighted by molar-refractivity contribution is 6.35. The first-order valence-corrected chi connectivity index (χ1v) is 8.76. The number of rotatable bonds is 4. The molecule has 0 aliphatic rings. The molecule has 3 aromatic carbocycles. The fourth-order valence-corrected chi connectivity index (χ4v) is 3.06. The fourth-order valence-electron chi connectivity index (χ4n) is 3.06.